The third-order valence-electron chi connectivity index (χ3n) is 5.69. The summed E-state index contributed by atoms with van der Waals surface area (Å²) in [6, 6.07) is 21.9. The van der Waals surface area contributed by atoms with E-state index in [2.05, 4.69) is 15.4 Å². The summed E-state index contributed by atoms with van der Waals surface area (Å²) in [6.45, 7) is 0. The van der Waals surface area contributed by atoms with Gasteiger partial charge >= 0.3 is 5.97 Å². The fourth-order valence-corrected chi connectivity index (χ4v) is 3.93. The number of H-pyrrole nitrogens is 1. The number of nitrogens with one attached hydrogen (secondary N) is 2. The molecule has 3 N–H and O–H groups in total. The van der Waals surface area contributed by atoms with Crippen molar-refractivity contribution < 1.29 is 14.7 Å². The maximum absolute atomic E-state index is 12.9. The second kappa shape index (κ2) is 8.67. The number of aromatic amines is 1. The highest BCUT2D eigenvalue weighted by Gasteiger charge is 2.22. The van der Waals surface area contributed by atoms with Crippen LogP contribution in [-0.2, 0) is 11.2 Å². The molecule has 8 heteroatoms. The summed E-state index contributed by atoms with van der Waals surface area (Å²) in [4.78, 5) is 40.4. The molecule has 2 aliphatic heterocycles. The average molecular weight is 452 g/mol. The number of para-hydroxylation sites is 1. The molecule has 8 nitrogen and oxygen atoms in total. The second-order valence-electron chi connectivity index (χ2n) is 7.91. The zero-order valence-corrected chi connectivity index (χ0v) is 17.9. The molecule has 0 aliphatic carbocycles. The predicted molar refractivity (Wildman–Crippen MR) is 127 cm³/mol. The van der Waals surface area contributed by atoms with Gasteiger partial charge in [0.15, 0.2) is 0 Å². The van der Waals surface area contributed by atoms with Crippen LogP contribution in [-0.4, -0.2) is 37.8 Å². The number of aromatic nitrogens is 3. The van der Waals surface area contributed by atoms with Crippen LogP contribution in [0, 0.1) is 0 Å². The summed E-state index contributed by atoms with van der Waals surface area (Å²) >= 11 is 0. The highest BCUT2D eigenvalue weighted by molar-refractivity contribution is 5.97. The van der Waals surface area contributed by atoms with Crippen molar-refractivity contribution in [1.29, 1.82) is 0 Å². The number of fused-ring (bicyclic) bond motifs is 3. The molecule has 3 aromatic carbocycles. The van der Waals surface area contributed by atoms with Gasteiger partial charge in [-0.05, 0) is 35.9 Å². The van der Waals surface area contributed by atoms with Gasteiger partial charge in [-0.2, -0.15) is 9.78 Å². The first kappa shape index (κ1) is 21.1. The molecule has 5 rings (SSSR count). The number of pyridine rings is 1. The third kappa shape index (κ3) is 3.93. The number of rotatable bonds is 6. The van der Waals surface area contributed by atoms with Crippen LogP contribution < -0.4 is 10.9 Å². The number of carboxylic acid groups (broad SMARTS) is 1. The first-order valence-electron chi connectivity index (χ1n) is 10.7. The average Bonchev–Trinajstić information content (AvgIpc) is 3.21. The molecule has 1 unspecified atom stereocenters. The van der Waals surface area contributed by atoms with E-state index in [0.29, 0.717) is 16.9 Å². The number of carbonyl (C=O) groups is 2. The number of carbonyl (C=O) groups excluding carboxylic acids is 1. The van der Waals surface area contributed by atoms with Gasteiger partial charge in [-0.3, -0.25) is 9.59 Å². The first-order valence-corrected chi connectivity index (χ1v) is 10.7. The van der Waals surface area contributed by atoms with Gasteiger partial charge in [0.25, 0.3) is 11.5 Å². The summed E-state index contributed by atoms with van der Waals surface area (Å²) in [5, 5.41) is 17.4. The lowest BCUT2D eigenvalue weighted by atomic mass is 10.1. The Morgan fingerprint density at radius 2 is 1.68 bits per heavy atom. The molecule has 0 aromatic heterocycles. The van der Waals surface area contributed by atoms with Gasteiger partial charge in [-0.15, -0.1) is 0 Å². The topological polar surface area (TPSA) is 117 Å². The minimum Gasteiger partial charge on any atom is -0.480 e. The molecule has 0 saturated carbocycles. The molecule has 0 saturated heterocycles. The van der Waals surface area contributed by atoms with Crippen LogP contribution in [0.5, 0.6) is 0 Å². The van der Waals surface area contributed by atoms with Gasteiger partial charge in [0.1, 0.15) is 11.7 Å². The number of aliphatic carboxylic acids is 1. The van der Waals surface area contributed by atoms with Gasteiger partial charge in [0.2, 0.25) is 0 Å². The number of benzene rings is 3. The Hall–Kier alpha value is -4.72. The Labute approximate surface area is 193 Å². The summed E-state index contributed by atoms with van der Waals surface area (Å²) in [6.07, 6.45) is 1.81. The van der Waals surface area contributed by atoms with E-state index in [9.17, 15) is 19.5 Å². The fraction of sp³-hybridized carbons (Fsp3) is 0.0769. The Balaban J connectivity index is 1.40. The fourth-order valence-electron chi connectivity index (χ4n) is 3.93. The minimum atomic E-state index is -1.11. The lowest BCUT2D eigenvalue weighted by Crippen LogP contribution is -2.42. The van der Waals surface area contributed by atoms with Gasteiger partial charge in [-0.1, -0.05) is 48.5 Å². The molecule has 2 heterocycles. The maximum Gasteiger partial charge on any atom is 0.326 e. The molecule has 2 aliphatic rings. The summed E-state index contributed by atoms with van der Waals surface area (Å²) in [7, 11) is 0. The van der Waals surface area contributed by atoms with Crippen molar-refractivity contribution in [1.82, 2.24) is 20.1 Å². The molecule has 1 amide bonds. The summed E-state index contributed by atoms with van der Waals surface area (Å²) in [5.74, 6) is -1.62. The molecule has 0 fully saturated rings. The zero-order chi connectivity index (χ0) is 23.7. The summed E-state index contributed by atoms with van der Waals surface area (Å²) in [5.41, 5.74) is 3.24. The van der Waals surface area contributed by atoms with E-state index < -0.39 is 17.9 Å². The first-order chi connectivity index (χ1) is 16.5. The van der Waals surface area contributed by atoms with E-state index in [1.807, 2.05) is 54.6 Å². The minimum absolute atomic E-state index is 0.171. The van der Waals surface area contributed by atoms with Crippen molar-refractivity contribution in [2.24, 2.45) is 0 Å². The van der Waals surface area contributed by atoms with E-state index in [4.69, 9.17) is 0 Å². The third-order valence-corrected chi connectivity index (χ3v) is 5.69. The molecule has 3 aromatic rings. The predicted octanol–water partition coefficient (Wildman–Crippen LogP) is 3.24. The van der Waals surface area contributed by atoms with Crippen molar-refractivity contribution in [3.63, 3.8) is 0 Å². The highest BCUT2D eigenvalue weighted by Crippen LogP contribution is 2.25. The van der Waals surface area contributed by atoms with E-state index in [1.165, 1.54) is 4.68 Å². The smallest absolute Gasteiger partial charge is 0.326 e. The van der Waals surface area contributed by atoms with Gasteiger partial charge in [0.05, 0.1) is 11.3 Å². The SMILES string of the molecule is O=C(NC(Cc1ccccc1)C(=O)O)c1ccc(-n2nc3c4ccccc4[nH]cc-3c2=O)cc1. The van der Waals surface area contributed by atoms with E-state index in [1.54, 1.807) is 30.5 Å². The van der Waals surface area contributed by atoms with Crippen LogP contribution in [0.2, 0.25) is 0 Å². The number of nitrogens with zero attached hydrogens (tertiary/aromatic N) is 2. The summed E-state index contributed by atoms with van der Waals surface area (Å²) < 4.78 is 1.29. The van der Waals surface area contributed by atoms with Gasteiger partial charge < -0.3 is 15.4 Å². The maximum atomic E-state index is 12.9. The molecule has 168 valence electrons. The van der Waals surface area contributed by atoms with Crippen molar-refractivity contribution in [3.8, 4) is 16.9 Å². The van der Waals surface area contributed by atoms with E-state index in [-0.39, 0.29) is 17.5 Å². The normalized spacial score (nSPS) is 12.0. The Kier molecular flexibility index (Phi) is 5.39. The van der Waals surface area contributed by atoms with E-state index >= 15 is 0 Å². The monoisotopic (exact) mass is 452 g/mol. The Morgan fingerprint density at radius 1 is 0.971 bits per heavy atom. The number of hydrogen-bond donors (Lipinski definition) is 3. The molecule has 1 atom stereocenters. The molecule has 0 spiro atoms. The second-order valence-corrected chi connectivity index (χ2v) is 7.91. The van der Waals surface area contributed by atoms with Crippen LogP contribution >= 0.6 is 0 Å². The largest absolute Gasteiger partial charge is 0.480 e. The van der Waals surface area contributed by atoms with Crippen molar-refractivity contribution in [2.75, 3.05) is 0 Å². The molecule has 34 heavy (non-hydrogen) atoms. The molecular weight excluding hydrogens is 432 g/mol. The Morgan fingerprint density at radius 3 is 2.41 bits per heavy atom. The molecular formula is C26H20N4O4. The van der Waals surface area contributed by atoms with Crippen molar-refractivity contribution in [2.45, 2.75) is 12.5 Å². The van der Waals surface area contributed by atoms with Gasteiger partial charge in [-0.25, -0.2) is 4.79 Å². The molecule has 0 radical (unpaired) electrons. The van der Waals surface area contributed by atoms with Crippen molar-refractivity contribution in [3.05, 3.63) is 107 Å². The lowest BCUT2D eigenvalue weighted by Gasteiger charge is -2.15. The number of amides is 1. The van der Waals surface area contributed by atoms with Crippen LogP contribution in [0.4, 0.5) is 0 Å². The van der Waals surface area contributed by atoms with E-state index in [0.717, 1.165) is 16.5 Å². The van der Waals surface area contributed by atoms with Crippen molar-refractivity contribution >= 4 is 22.8 Å². The lowest BCUT2D eigenvalue weighted by molar-refractivity contribution is -0.139. The standard InChI is InChI=1S/C26H20N4O4/c31-24(28-22(26(33)34)14-16-6-2-1-3-7-16)17-10-12-18(13-11-17)30-25(32)20-15-27-21-9-5-4-8-19(21)23(20)29-30/h1-13,15,22,27H,14H2,(H,28,31)(H,33,34). The van der Waals surface area contributed by atoms with Gasteiger partial charge in [0, 0.05) is 29.1 Å². The number of hydrogen-bond acceptors (Lipinski definition) is 4. The van der Waals surface area contributed by atoms with Crippen LogP contribution in [0.1, 0.15) is 15.9 Å². The van der Waals surface area contributed by atoms with Crippen LogP contribution in [0.15, 0.2) is 89.9 Å². The van der Waals surface area contributed by atoms with Crippen LogP contribution in [0.3, 0.4) is 0 Å². The van der Waals surface area contributed by atoms with Crippen LogP contribution in [0.25, 0.3) is 27.8 Å². The quantitative estimate of drug-likeness (QED) is 0.366. The zero-order valence-electron chi connectivity index (χ0n) is 17.9. The highest BCUT2D eigenvalue weighted by atomic mass is 16.4. The Bertz CT molecular complexity index is 1520. The molecule has 0 bridgehead atoms. The number of carboxylic acids is 1.